The maximum atomic E-state index is 12.4. The monoisotopic (exact) mass is 230 g/mol. The molecule has 7 heteroatoms. The molecule has 16 heavy (non-hydrogen) atoms. The Morgan fingerprint density at radius 2 is 2.19 bits per heavy atom. The van der Waals surface area contributed by atoms with Crippen LogP contribution in [0.1, 0.15) is 12.6 Å². The van der Waals surface area contributed by atoms with E-state index in [9.17, 15) is 13.2 Å². The molecule has 0 unspecified atom stereocenters. The topological polar surface area (TPSA) is 42.2 Å². The molecule has 0 radical (unpaired) electrons. The van der Waals surface area contributed by atoms with Crippen molar-refractivity contribution in [1.29, 1.82) is 0 Å². The van der Waals surface area contributed by atoms with Crippen LogP contribution in [0.15, 0.2) is 18.6 Å². The Labute approximate surface area is 89.1 Å². The lowest BCUT2D eigenvalue weighted by Crippen LogP contribution is -2.05. The number of nitrogens with zero attached hydrogens (tertiary/aromatic N) is 3. The zero-order valence-corrected chi connectivity index (χ0v) is 8.41. The van der Waals surface area contributed by atoms with Crippen LogP contribution in [0, 0.1) is 0 Å². The average molecular weight is 230 g/mol. The van der Waals surface area contributed by atoms with Crippen LogP contribution in [0.3, 0.4) is 0 Å². The predicted octanol–water partition coefficient (Wildman–Crippen LogP) is 2.18. The standard InChI is InChI=1S/C9H9F3N4/c1-2-13-7-8-15-6(9(10,11)12)5-16(8)4-3-14-7/h3-5H,2H2,1H3,(H,13,14). The van der Waals surface area contributed by atoms with Crippen LogP contribution in [0.25, 0.3) is 5.65 Å². The molecule has 0 aliphatic carbocycles. The zero-order chi connectivity index (χ0) is 11.8. The number of aromatic nitrogens is 3. The van der Waals surface area contributed by atoms with E-state index < -0.39 is 11.9 Å². The van der Waals surface area contributed by atoms with Crippen molar-refractivity contribution in [2.24, 2.45) is 0 Å². The number of rotatable bonds is 2. The van der Waals surface area contributed by atoms with E-state index in [1.807, 2.05) is 6.92 Å². The molecular weight excluding hydrogens is 221 g/mol. The van der Waals surface area contributed by atoms with Gasteiger partial charge >= 0.3 is 6.18 Å². The fourth-order valence-electron chi connectivity index (χ4n) is 1.35. The largest absolute Gasteiger partial charge is 0.434 e. The molecule has 0 saturated carbocycles. The van der Waals surface area contributed by atoms with Gasteiger partial charge < -0.3 is 9.72 Å². The third kappa shape index (κ3) is 1.80. The Morgan fingerprint density at radius 1 is 1.44 bits per heavy atom. The number of hydrogen-bond donors (Lipinski definition) is 1. The zero-order valence-electron chi connectivity index (χ0n) is 8.41. The first-order valence-corrected chi connectivity index (χ1v) is 4.67. The highest BCUT2D eigenvalue weighted by atomic mass is 19.4. The average Bonchev–Trinajstić information content (AvgIpc) is 2.62. The lowest BCUT2D eigenvalue weighted by molar-refractivity contribution is -0.140. The van der Waals surface area contributed by atoms with Gasteiger partial charge in [-0.1, -0.05) is 0 Å². The maximum absolute atomic E-state index is 12.4. The van der Waals surface area contributed by atoms with Gasteiger partial charge in [0.2, 0.25) is 0 Å². The molecule has 0 spiro atoms. The Kier molecular flexibility index (Phi) is 2.45. The van der Waals surface area contributed by atoms with Gasteiger partial charge in [0.1, 0.15) is 0 Å². The van der Waals surface area contributed by atoms with Crippen molar-refractivity contribution in [3.05, 3.63) is 24.3 Å². The Bertz CT molecular complexity index is 503. The summed E-state index contributed by atoms with van der Waals surface area (Å²) in [4.78, 5) is 7.45. The minimum absolute atomic E-state index is 0.177. The summed E-state index contributed by atoms with van der Waals surface area (Å²) in [5.41, 5.74) is -0.740. The van der Waals surface area contributed by atoms with Gasteiger partial charge in [0.15, 0.2) is 17.2 Å². The second kappa shape index (κ2) is 3.66. The van der Waals surface area contributed by atoms with Gasteiger partial charge in [-0.2, -0.15) is 13.2 Å². The summed E-state index contributed by atoms with van der Waals surface area (Å²) < 4.78 is 38.6. The highest BCUT2D eigenvalue weighted by Crippen LogP contribution is 2.29. The van der Waals surface area contributed by atoms with E-state index in [-0.39, 0.29) is 5.65 Å². The summed E-state index contributed by atoms with van der Waals surface area (Å²) in [7, 11) is 0. The van der Waals surface area contributed by atoms with Crippen LogP contribution >= 0.6 is 0 Å². The van der Waals surface area contributed by atoms with Crippen LogP contribution in [-0.2, 0) is 6.18 Å². The van der Waals surface area contributed by atoms with Crippen molar-refractivity contribution >= 4 is 11.5 Å². The molecule has 4 nitrogen and oxygen atoms in total. The van der Waals surface area contributed by atoms with Gasteiger partial charge in [0.05, 0.1) is 0 Å². The van der Waals surface area contributed by atoms with Gasteiger partial charge in [-0.15, -0.1) is 0 Å². The molecule has 0 aliphatic rings. The number of anilines is 1. The fraction of sp³-hybridized carbons (Fsp3) is 0.333. The van der Waals surface area contributed by atoms with Gasteiger partial charge in [-0.25, -0.2) is 9.97 Å². The van der Waals surface area contributed by atoms with E-state index in [1.54, 1.807) is 0 Å². The number of alkyl halides is 3. The molecular formula is C9H9F3N4. The smallest absolute Gasteiger partial charge is 0.367 e. The summed E-state index contributed by atoms with van der Waals surface area (Å²) >= 11 is 0. The first kappa shape index (κ1) is 10.7. The fourth-order valence-corrected chi connectivity index (χ4v) is 1.35. The van der Waals surface area contributed by atoms with Crippen molar-refractivity contribution in [1.82, 2.24) is 14.4 Å². The number of imidazole rings is 1. The Hall–Kier alpha value is -1.79. The van der Waals surface area contributed by atoms with Gasteiger partial charge in [-0.05, 0) is 6.92 Å². The first-order valence-electron chi connectivity index (χ1n) is 4.67. The third-order valence-corrected chi connectivity index (χ3v) is 2.01. The van der Waals surface area contributed by atoms with Gasteiger partial charge in [0.25, 0.3) is 0 Å². The van der Waals surface area contributed by atoms with Crippen molar-refractivity contribution in [2.45, 2.75) is 13.1 Å². The Balaban J connectivity index is 2.57. The van der Waals surface area contributed by atoms with Crippen LogP contribution in [0.4, 0.5) is 19.0 Å². The second-order valence-electron chi connectivity index (χ2n) is 3.16. The number of hydrogen-bond acceptors (Lipinski definition) is 3. The molecule has 0 bridgehead atoms. The van der Waals surface area contributed by atoms with Gasteiger partial charge in [-0.3, -0.25) is 0 Å². The molecule has 0 aliphatic heterocycles. The molecule has 0 aromatic carbocycles. The van der Waals surface area contributed by atoms with E-state index in [1.165, 1.54) is 16.8 Å². The van der Waals surface area contributed by atoms with E-state index in [2.05, 4.69) is 15.3 Å². The summed E-state index contributed by atoms with van der Waals surface area (Å²) in [5.74, 6) is 0.348. The molecule has 86 valence electrons. The maximum Gasteiger partial charge on any atom is 0.434 e. The second-order valence-corrected chi connectivity index (χ2v) is 3.16. The van der Waals surface area contributed by atoms with E-state index in [0.717, 1.165) is 6.20 Å². The minimum atomic E-state index is -4.44. The summed E-state index contributed by atoms with van der Waals surface area (Å²) in [6, 6.07) is 0. The predicted molar refractivity (Wildman–Crippen MR) is 52.2 cm³/mol. The van der Waals surface area contributed by atoms with E-state index >= 15 is 0 Å². The summed E-state index contributed by atoms with van der Waals surface area (Å²) in [6.45, 7) is 2.40. The summed E-state index contributed by atoms with van der Waals surface area (Å²) in [5, 5.41) is 2.85. The van der Waals surface area contributed by atoms with Crippen molar-refractivity contribution < 1.29 is 13.2 Å². The van der Waals surface area contributed by atoms with Crippen LogP contribution in [0.5, 0.6) is 0 Å². The van der Waals surface area contributed by atoms with Crippen LogP contribution in [-0.4, -0.2) is 20.9 Å². The van der Waals surface area contributed by atoms with Crippen molar-refractivity contribution in [3.63, 3.8) is 0 Å². The number of halogens is 3. The molecule has 0 saturated heterocycles. The highest BCUT2D eigenvalue weighted by Gasteiger charge is 2.34. The molecule has 0 fully saturated rings. The van der Waals surface area contributed by atoms with Crippen LogP contribution < -0.4 is 5.32 Å². The van der Waals surface area contributed by atoms with E-state index in [4.69, 9.17) is 0 Å². The van der Waals surface area contributed by atoms with Crippen molar-refractivity contribution in [3.8, 4) is 0 Å². The van der Waals surface area contributed by atoms with Crippen LogP contribution in [0.2, 0.25) is 0 Å². The molecule has 2 aromatic heterocycles. The van der Waals surface area contributed by atoms with Crippen molar-refractivity contribution in [2.75, 3.05) is 11.9 Å². The number of nitrogens with one attached hydrogen (secondary N) is 1. The molecule has 0 amide bonds. The molecule has 2 rings (SSSR count). The molecule has 1 N–H and O–H groups in total. The SMILES string of the molecule is CCNc1nccn2cc(C(F)(F)F)nc12. The highest BCUT2D eigenvalue weighted by molar-refractivity contribution is 5.62. The van der Waals surface area contributed by atoms with E-state index in [0.29, 0.717) is 12.4 Å². The molecule has 2 aromatic rings. The molecule has 2 heterocycles. The van der Waals surface area contributed by atoms with Gasteiger partial charge in [0, 0.05) is 25.1 Å². The quantitative estimate of drug-likeness (QED) is 0.859. The summed E-state index contributed by atoms with van der Waals surface area (Å²) in [6.07, 6.45) is -0.640. The number of fused-ring (bicyclic) bond motifs is 1. The third-order valence-electron chi connectivity index (χ3n) is 2.01. The normalized spacial score (nSPS) is 12.0. The lowest BCUT2D eigenvalue weighted by Gasteiger charge is -2.02. The molecule has 0 atom stereocenters. The minimum Gasteiger partial charge on any atom is -0.367 e. The lowest BCUT2D eigenvalue weighted by atomic mass is 10.5. The first-order chi connectivity index (χ1) is 7.52. The Morgan fingerprint density at radius 3 is 2.81 bits per heavy atom.